The van der Waals surface area contributed by atoms with E-state index >= 15 is 0 Å². The van der Waals surface area contributed by atoms with Gasteiger partial charge in [-0.05, 0) is 70.6 Å². The number of phosphoric acid groups is 2. The molecule has 4 N–H and O–H groups in total. The summed E-state index contributed by atoms with van der Waals surface area (Å²) in [7, 11) is -9.67. The highest BCUT2D eigenvalue weighted by Crippen LogP contribution is 2.43. The summed E-state index contributed by atoms with van der Waals surface area (Å²) in [6.45, 7) is 1.71. The fraction of sp³-hybridized carbons (Fsp3) is 0.810. The van der Waals surface area contributed by atoms with Gasteiger partial charge in [0.15, 0.2) is 6.10 Å². The average molecular weight is 853 g/mol. The van der Waals surface area contributed by atoms with Crippen LogP contribution in [0.1, 0.15) is 181 Å². The molecule has 3 unspecified atom stereocenters. The molecule has 0 aromatic carbocycles. The maximum atomic E-state index is 12.6. The zero-order valence-corrected chi connectivity index (χ0v) is 37.0. The monoisotopic (exact) mass is 852 g/mol. The molecule has 13 nitrogen and oxygen atoms in total. The molecule has 0 spiro atoms. The van der Waals surface area contributed by atoms with E-state index in [1.807, 2.05) is 0 Å². The van der Waals surface area contributed by atoms with Gasteiger partial charge in [0.2, 0.25) is 0 Å². The van der Waals surface area contributed by atoms with Gasteiger partial charge in [0.25, 0.3) is 0 Å². The molecule has 0 aromatic heterocycles. The molecular formula is C42H78O13P2. The van der Waals surface area contributed by atoms with Gasteiger partial charge in [-0.15, -0.1) is 0 Å². The van der Waals surface area contributed by atoms with Crippen LogP contribution in [0.2, 0.25) is 0 Å². The summed E-state index contributed by atoms with van der Waals surface area (Å²) in [6, 6.07) is 0. The van der Waals surface area contributed by atoms with Gasteiger partial charge < -0.3 is 29.3 Å². The molecule has 57 heavy (non-hydrogen) atoms. The maximum Gasteiger partial charge on any atom is 0.472 e. The summed E-state index contributed by atoms with van der Waals surface area (Å²) < 4.78 is 47.7. The fourth-order valence-electron chi connectivity index (χ4n) is 5.67. The minimum Gasteiger partial charge on any atom is -0.462 e. The number of hydrogen-bond donors (Lipinski definition) is 4. The normalized spacial score (nSPS) is 14.4. The Morgan fingerprint density at radius 3 is 1.44 bits per heavy atom. The number of carbonyl (C=O) groups excluding carboxylic acids is 2. The predicted molar refractivity (Wildman–Crippen MR) is 225 cm³/mol. The zero-order valence-electron chi connectivity index (χ0n) is 35.2. The lowest BCUT2D eigenvalue weighted by Gasteiger charge is -2.20. The zero-order chi connectivity index (χ0) is 42.3. The Kier molecular flexibility index (Phi) is 37.4. The Morgan fingerprint density at radius 2 is 0.912 bits per heavy atom. The van der Waals surface area contributed by atoms with Crippen molar-refractivity contribution in [1.82, 2.24) is 0 Å². The van der Waals surface area contributed by atoms with E-state index in [1.165, 1.54) is 64.2 Å². The smallest absolute Gasteiger partial charge is 0.462 e. The van der Waals surface area contributed by atoms with E-state index in [4.69, 9.17) is 23.8 Å². The van der Waals surface area contributed by atoms with Gasteiger partial charge in [-0.25, -0.2) is 9.13 Å². The van der Waals surface area contributed by atoms with E-state index < -0.39 is 66.2 Å². The third-order valence-corrected chi connectivity index (χ3v) is 10.4. The number of phosphoric ester groups is 2. The molecule has 0 bridgehead atoms. The lowest BCUT2D eigenvalue weighted by atomic mass is 10.1. The van der Waals surface area contributed by atoms with Crippen LogP contribution in [0.25, 0.3) is 0 Å². The fourth-order valence-corrected chi connectivity index (χ4v) is 6.82. The number of allylic oxidation sites excluding steroid dienone is 6. The van der Waals surface area contributed by atoms with Crippen molar-refractivity contribution < 1.29 is 61.6 Å². The van der Waals surface area contributed by atoms with E-state index in [9.17, 15) is 28.7 Å². The molecule has 0 saturated heterocycles. The molecule has 15 heteroatoms. The van der Waals surface area contributed by atoms with Gasteiger partial charge in [0.1, 0.15) is 12.7 Å². The van der Waals surface area contributed by atoms with Crippen LogP contribution in [-0.4, -0.2) is 70.4 Å². The Morgan fingerprint density at radius 1 is 0.509 bits per heavy atom. The summed E-state index contributed by atoms with van der Waals surface area (Å²) in [5, 5.41) is 9.74. The summed E-state index contributed by atoms with van der Waals surface area (Å²) in [5.74, 6) is -1.05. The minimum absolute atomic E-state index is 0.115. The van der Waals surface area contributed by atoms with Crippen molar-refractivity contribution in [2.75, 3.05) is 26.4 Å². The number of esters is 2. The van der Waals surface area contributed by atoms with Crippen LogP contribution >= 0.6 is 15.6 Å². The number of carbonyl (C=O) groups is 2. The molecule has 0 fully saturated rings. The lowest BCUT2D eigenvalue weighted by Crippen LogP contribution is -2.30. The first kappa shape index (κ1) is 55.3. The molecule has 334 valence electrons. The van der Waals surface area contributed by atoms with Crippen molar-refractivity contribution in [1.29, 1.82) is 0 Å². The molecule has 0 heterocycles. The first-order valence-corrected chi connectivity index (χ1v) is 24.7. The average Bonchev–Trinajstić information content (AvgIpc) is 3.17. The van der Waals surface area contributed by atoms with E-state index in [2.05, 4.69) is 59.4 Å². The van der Waals surface area contributed by atoms with Crippen LogP contribution < -0.4 is 0 Å². The highest BCUT2D eigenvalue weighted by Gasteiger charge is 2.28. The highest BCUT2D eigenvalue weighted by molar-refractivity contribution is 7.47. The standard InChI is InChI=1S/C42H78O13P2/c1-3-5-7-9-11-13-15-17-19-21-23-25-27-29-31-33-41(44)51-37-40(38-54-57(49,50)53-36-39(43)35-52-56(46,47)48)55-42(45)34-32-30-28-26-24-22-20-18-16-14-12-10-8-6-4-2/h12-15,18,20,39-40,43H,3-11,16-17,19,21-38H2,1-2H3,(H,49,50)(H2,46,47,48). The summed E-state index contributed by atoms with van der Waals surface area (Å²) >= 11 is 0. The van der Waals surface area contributed by atoms with E-state index in [0.717, 1.165) is 77.0 Å². The predicted octanol–water partition coefficient (Wildman–Crippen LogP) is 10.9. The van der Waals surface area contributed by atoms with Crippen molar-refractivity contribution in [2.24, 2.45) is 0 Å². The topological polar surface area (TPSA) is 195 Å². The first-order valence-electron chi connectivity index (χ1n) is 21.7. The summed E-state index contributed by atoms with van der Waals surface area (Å²) in [6.07, 6.45) is 37.0. The van der Waals surface area contributed by atoms with Gasteiger partial charge in [0.05, 0.1) is 19.8 Å². The van der Waals surface area contributed by atoms with E-state index in [1.54, 1.807) is 0 Å². The van der Waals surface area contributed by atoms with Crippen LogP contribution in [0.3, 0.4) is 0 Å². The van der Waals surface area contributed by atoms with Gasteiger partial charge in [0, 0.05) is 12.8 Å². The van der Waals surface area contributed by atoms with Crippen molar-refractivity contribution >= 4 is 27.6 Å². The first-order chi connectivity index (χ1) is 27.4. The molecule has 0 rings (SSSR count). The highest BCUT2D eigenvalue weighted by atomic mass is 31.2. The molecular weight excluding hydrogens is 774 g/mol. The van der Waals surface area contributed by atoms with Gasteiger partial charge >= 0.3 is 27.6 Å². The molecule has 0 saturated carbocycles. The van der Waals surface area contributed by atoms with Crippen molar-refractivity contribution in [3.8, 4) is 0 Å². The van der Waals surface area contributed by atoms with Gasteiger partial charge in [-0.1, -0.05) is 134 Å². The number of ether oxygens (including phenoxy) is 2. The second kappa shape index (κ2) is 38.5. The molecule has 0 amide bonds. The summed E-state index contributed by atoms with van der Waals surface area (Å²) in [5.41, 5.74) is 0. The Balaban J connectivity index is 4.55. The molecule has 0 radical (unpaired) electrons. The van der Waals surface area contributed by atoms with Crippen molar-refractivity contribution in [3.05, 3.63) is 36.5 Å². The molecule has 3 atom stereocenters. The van der Waals surface area contributed by atoms with Crippen LogP contribution in [0.15, 0.2) is 36.5 Å². The number of aliphatic hydroxyl groups excluding tert-OH is 1. The number of aliphatic hydroxyl groups is 1. The SMILES string of the molecule is CCCCCC=CCC=CCCCCCCCC(=O)OC(COC(=O)CCCCCCCCCC=CCCCCCC)COP(=O)(O)OCC(O)COP(=O)(O)O. The Bertz CT molecular complexity index is 1150. The largest absolute Gasteiger partial charge is 0.472 e. The second-order valence-corrected chi connectivity index (χ2v) is 17.3. The van der Waals surface area contributed by atoms with Crippen molar-refractivity contribution in [3.63, 3.8) is 0 Å². The van der Waals surface area contributed by atoms with Crippen LogP contribution in [-0.2, 0) is 41.8 Å². The molecule has 0 aliphatic carbocycles. The maximum absolute atomic E-state index is 12.6. The van der Waals surface area contributed by atoms with Gasteiger partial charge in [-0.2, -0.15) is 0 Å². The lowest BCUT2D eigenvalue weighted by molar-refractivity contribution is -0.161. The number of unbranched alkanes of at least 4 members (excludes halogenated alkanes) is 19. The third kappa shape index (κ3) is 42.3. The Hall–Kier alpha value is -1.66. The number of rotatable bonds is 41. The van der Waals surface area contributed by atoms with Crippen LogP contribution in [0.4, 0.5) is 0 Å². The van der Waals surface area contributed by atoms with Gasteiger partial charge in [-0.3, -0.25) is 23.2 Å². The molecule has 0 aromatic rings. The van der Waals surface area contributed by atoms with Crippen molar-refractivity contribution in [2.45, 2.75) is 193 Å². The third-order valence-electron chi connectivity index (χ3n) is 8.99. The second-order valence-electron chi connectivity index (χ2n) is 14.6. The summed E-state index contributed by atoms with van der Waals surface area (Å²) in [4.78, 5) is 52.6. The van der Waals surface area contributed by atoms with Crippen LogP contribution in [0, 0.1) is 0 Å². The number of hydrogen-bond acceptors (Lipinski definition) is 10. The molecule has 0 aliphatic rings. The molecule has 0 aliphatic heterocycles. The Labute approximate surface area is 344 Å². The minimum atomic E-state index is -4.86. The van der Waals surface area contributed by atoms with E-state index in [0.29, 0.717) is 12.8 Å². The van der Waals surface area contributed by atoms with Crippen LogP contribution in [0.5, 0.6) is 0 Å². The van der Waals surface area contributed by atoms with E-state index in [-0.39, 0.29) is 12.8 Å². The quantitative estimate of drug-likeness (QED) is 0.0196.